The second-order valence-corrected chi connectivity index (χ2v) is 7.44. The number of nitrogens with zero attached hydrogens (tertiary/aromatic N) is 3. The summed E-state index contributed by atoms with van der Waals surface area (Å²) < 4.78 is 2.23. The summed E-state index contributed by atoms with van der Waals surface area (Å²) in [5.41, 5.74) is 1.35. The topological polar surface area (TPSA) is 41.3 Å². The number of aryl methyl sites for hydroxylation is 1. The van der Waals surface area contributed by atoms with E-state index in [1.165, 1.54) is 18.4 Å². The average molecular weight is 325 g/mol. The molecule has 0 unspecified atom stereocenters. The molecule has 1 N–H and O–H groups in total. The zero-order valence-electron chi connectivity index (χ0n) is 14.4. The van der Waals surface area contributed by atoms with Crippen LogP contribution < -0.4 is 0 Å². The van der Waals surface area contributed by atoms with Crippen molar-refractivity contribution in [2.45, 2.75) is 57.8 Å². The molecule has 2 aliphatic rings. The summed E-state index contributed by atoms with van der Waals surface area (Å²) in [5, 5.41) is 10.3. The zero-order chi connectivity index (χ0) is 16.6. The monoisotopic (exact) mass is 325 g/mol. The number of aliphatic hydroxyl groups excluding tert-OH is 1. The Kier molecular flexibility index (Phi) is 4.19. The lowest BCUT2D eigenvalue weighted by Gasteiger charge is -2.36. The minimum absolute atomic E-state index is 0.00784. The molecule has 0 aliphatic carbocycles. The molecule has 0 radical (unpaired) electrons. The van der Waals surface area contributed by atoms with E-state index in [0.29, 0.717) is 12.1 Å². The Morgan fingerprint density at radius 1 is 1.25 bits per heavy atom. The van der Waals surface area contributed by atoms with Gasteiger partial charge in [-0.3, -0.25) is 4.90 Å². The van der Waals surface area contributed by atoms with Crippen molar-refractivity contribution in [1.29, 1.82) is 0 Å². The van der Waals surface area contributed by atoms with Gasteiger partial charge < -0.3 is 9.67 Å². The molecule has 2 bridgehead atoms. The van der Waals surface area contributed by atoms with Crippen LogP contribution in [0.2, 0.25) is 0 Å². The smallest absolute Gasteiger partial charge is 0.122 e. The van der Waals surface area contributed by atoms with Crippen molar-refractivity contribution >= 4 is 0 Å². The largest absolute Gasteiger partial charge is 0.396 e. The molecule has 1 aromatic carbocycles. The number of rotatable bonds is 6. The van der Waals surface area contributed by atoms with Crippen LogP contribution in [-0.2, 0) is 19.5 Å². The van der Waals surface area contributed by atoms with Crippen molar-refractivity contribution in [3.63, 3.8) is 0 Å². The van der Waals surface area contributed by atoms with Crippen LogP contribution in [0, 0.1) is 5.41 Å². The number of aliphatic hydroxyl groups is 1. The molecule has 2 saturated heterocycles. The minimum Gasteiger partial charge on any atom is -0.396 e. The van der Waals surface area contributed by atoms with Gasteiger partial charge in [0.05, 0.1) is 13.2 Å². The summed E-state index contributed by atoms with van der Waals surface area (Å²) >= 11 is 0. The number of hydrogen-bond donors (Lipinski definition) is 1. The van der Waals surface area contributed by atoms with Crippen molar-refractivity contribution < 1.29 is 5.11 Å². The van der Waals surface area contributed by atoms with Gasteiger partial charge in [0, 0.05) is 36.4 Å². The van der Waals surface area contributed by atoms with E-state index in [4.69, 9.17) is 0 Å². The molecule has 4 heteroatoms. The quantitative estimate of drug-likeness (QED) is 0.888. The van der Waals surface area contributed by atoms with E-state index in [2.05, 4.69) is 57.9 Å². The van der Waals surface area contributed by atoms with Crippen LogP contribution >= 0.6 is 0 Å². The first-order valence-corrected chi connectivity index (χ1v) is 9.16. The standard InChI is InChI=1S/C20H27N3O/c1-2-22-11-10-21-19(22)14-23-17-8-9-18(23)20(13-17,15-24)12-16-6-4-3-5-7-16/h3-7,10-11,17-18,24H,2,8-9,12-15H2,1H3/t17-,18+,20-/m0/s1. The lowest BCUT2D eigenvalue weighted by Crippen LogP contribution is -2.41. The summed E-state index contributed by atoms with van der Waals surface area (Å²) in [5.74, 6) is 1.16. The van der Waals surface area contributed by atoms with E-state index in [0.717, 1.165) is 31.8 Å². The number of aromatic nitrogens is 2. The fourth-order valence-electron chi connectivity index (χ4n) is 5.02. The third-order valence-electron chi connectivity index (χ3n) is 6.17. The van der Waals surface area contributed by atoms with Crippen LogP contribution in [0.4, 0.5) is 0 Å². The third kappa shape index (κ3) is 2.58. The first-order chi connectivity index (χ1) is 11.8. The molecule has 0 spiro atoms. The average Bonchev–Trinajstić information content (AvgIpc) is 3.30. The van der Waals surface area contributed by atoms with Gasteiger partial charge >= 0.3 is 0 Å². The van der Waals surface area contributed by atoms with Crippen LogP contribution in [0.5, 0.6) is 0 Å². The molecule has 24 heavy (non-hydrogen) atoms. The Morgan fingerprint density at radius 2 is 2.08 bits per heavy atom. The zero-order valence-corrected chi connectivity index (χ0v) is 14.4. The van der Waals surface area contributed by atoms with Gasteiger partial charge in [-0.05, 0) is 38.2 Å². The molecule has 2 fully saturated rings. The van der Waals surface area contributed by atoms with Gasteiger partial charge in [-0.25, -0.2) is 4.98 Å². The summed E-state index contributed by atoms with van der Waals surface area (Å²) in [6.07, 6.45) is 8.51. The van der Waals surface area contributed by atoms with Gasteiger partial charge in [0.15, 0.2) is 0 Å². The van der Waals surface area contributed by atoms with Gasteiger partial charge in [-0.1, -0.05) is 30.3 Å². The Balaban J connectivity index is 1.56. The summed E-state index contributed by atoms with van der Waals surface area (Å²) in [4.78, 5) is 7.18. The highest BCUT2D eigenvalue weighted by Crippen LogP contribution is 2.51. The highest BCUT2D eigenvalue weighted by atomic mass is 16.3. The third-order valence-corrected chi connectivity index (χ3v) is 6.17. The first kappa shape index (κ1) is 15.9. The lowest BCUT2D eigenvalue weighted by atomic mass is 9.70. The number of fused-ring (bicyclic) bond motifs is 2. The number of hydrogen-bond acceptors (Lipinski definition) is 3. The van der Waals surface area contributed by atoms with Gasteiger partial charge in [0.1, 0.15) is 5.82 Å². The first-order valence-electron chi connectivity index (χ1n) is 9.16. The number of benzene rings is 1. The molecule has 1 aromatic heterocycles. The summed E-state index contributed by atoms with van der Waals surface area (Å²) in [6.45, 7) is 4.32. The van der Waals surface area contributed by atoms with Crippen LogP contribution in [0.1, 0.15) is 37.6 Å². The van der Waals surface area contributed by atoms with Crippen molar-refractivity contribution in [1.82, 2.24) is 14.5 Å². The highest BCUT2D eigenvalue weighted by Gasteiger charge is 2.55. The maximum absolute atomic E-state index is 10.3. The van der Waals surface area contributed by atoms with E-state index in [-0.39, 0.29) is 12.0 Å². The fraction of sp³-hybridized carbons (Fsp3) is 0.550. The van der Waals surface area contributed by atoms with Crippen molar-refractivity contribution in [3.05, 3.63) is 54.1 Å². The molecule has 0 amide bonds. The Bertz CT molecular complexity index is 683. The maximum atomic E-state index is 10.3. The van der Waals surface area contributed by atoms with Gasteiger partial charge in [0.2, 0.25) is 0 Å². The molecule has 3 heterocycles. The maximum Gasteiger partial charge on any atom is 0.122 e. The van der Waals surface area contributed by atoms with Crippen molar-refractivity contribution in [2.24, 2.45) is 5.41 Å². The summed E-state index contributed by atoms with van der Waals surface area (Å²) in [7, 11) is 0. The van der Waals surface area contributed by atoms with E-state index in [1.807, 2.05) is 6.20 Å². The Hall–Kier alpha value is -1.65. The van der Waals surface area contributed by atoms with Crippen LogP contribution in [-0.4, -0.2) is 38.2 Å². The predicted molar refractivity (Wildman–Crippen MR) is 94.5 cm³/mol. The molecule has 4 rings (SSSR count). The fourth-order valence-corrected chi connectivity index (χ4v) is 5.02. The predicted octanol–water partition coefficient (Wildman–Crippen LogP) is 2.86. The lowest BCUT2D eigenvalue weighted by molar-refractivity contribution is 0.0742. The van der Waals surface area contributed by atoms with E-state index < -0.39 is 0 Å². The van der Waals surface area contributed by atoms with Crippen LogP contribution in [0.25, 0.3) is 0 Å². The molecular weight excluding hydrogens is 298 g/mol. The Labute approximate surface area is 144 Å². The van der Waals surface area contributed by atoms with E-state index in [9.17, 15) is 5.11 Å². The molecule has 128 valence electrons. The van der Waals surface area contributed by atoms with Crippen molar-refractivity contribution in [2.75, 3.05) is 6.61 Å². The van der Waals surface area contributed by atoms with Gasteiger partial charge in [-0.2, -0.15) is 0 Å². The minimum atomic E-state index is 0.00784. The molecule has 2 aromatic rings. The molecule has 2 aliphatic heterocycles. The summed E-state index contributed by atoms with van der Waals surface area (Å²) in [6, 6.07) is 11.7. The van der Waals surface area contributed by atoms with E-state index >= 15 is 0 Å². The van der Waals surface area contributed by atoms with E-state index in [1.54, 1.807) is 0 Å². The highest BCUT2D eigenvalue weighted by molar-refractivity contribution is 5.21. The van der Waals surface area contributed by atoms with Gasteiger partial charge in [-0.15, -0.1) is 0 Å². The number of imidazole rings is 1. The van der Waals surface area contributed by atoms with Crippen LogP contribution in [0.3, 0.4) is 0 Å². The van der Waals surface area contributed by atoms with Gasteiger partial charge in [0.25, 0.3) is 0 Å². The second-order valence-electron chi connectivity index (χ2n) is 7.44. The molecule has 3 atom stereocenters. The second kappa shape index (κ2) is 6.34. The Morgan fingerprint density at radius 3 is 2.83 bits per heavy atom. The molecule has 0 saturated carbocycles. The van der Waals surface area contributed by atoms with Crippen molar-refractivity contribution in [3.8, 4) is 0 Å². The molecular formula is C20H27N3O. The normalized spacial score (nSPS) is 29.4. The SMILES string of the molecule is CCn1ccnc1CN1[C@H]2CC[C@@H]1[C@@](CO)(Cc1ccccc1)C2. The van der Waals surface area contributed by atoms with Crippen LogP contribution in [0.15, 0.2) is 42.7 Å². The molecule has 4 nitrogen and oxygen atoms in total.